The van der Waals surface area contributed by atoms with Gasteiger partial charge in [0.25, 0.3) is 5.69 Å². The van der Waals surface area contributed by atoms with Crippen molar-refractivity contribution in [3.05, 3.63) is 88.6 Å². The van der Waals surface area contributed by atoms with E-state index in [-0.39, 0.29) is 5.69 Å². The van der Waals surface area contributed by atoms with Crippen LogP contribution in [0.4, 0.5) is 11.5 Å². The van der Waals surface area contributed by atoms with Crippen molar-refractivity contribution in [1.29, 1.82) is 0 Å². The van der Waals surface area contributed by atoms with Crippen molar-refractivity contribution >= 4 is 39.3 Å². The predicted octanol–water partition coefficient (Wildman–Crippen LogP) is 4.74. The molecule has 1 heterocycles. The highest BCUT2D eigenvalue weighted by Crippen LogP contribution is 2.27. The topological polar surface area (TPSA) is 80.4 Å². The van der Waals surface area contributed by atoms with Gasteiger partial charge < -0.3 is 0 Å². The van der Waals surface area contributed by atoms with Crippen LogP contribution in [0.15, 0.2) is 78.0 Å². The van der Waals surface area contributed by atoms with Gasteiger partial charge in [-0.15, -0.1) is 0 Å². The summed E-state index contributed by atoms with van der Waals surface area (Å²) in [5.74, 6) is 0.441. The molecule has 1 aromatic heterocycles. The van der Waals surface area contributed by atoms with E-state index < -0.39 is 4.92 Å². The van der Waals surface area contributed by atoms with Gasteiger partial charge in [0, 0.05) is 11.6 Å². The van der Waals surface area contributed by atoms with Crippen molar-refractivity contribution in [3.8, 4) is 0 Å². The van der Waals surface area contributed by atoms with E-state index in [1.54, 1.807) is 6.21 Å². The summed E-state index contributed by atoms with van der Waals surface area (Å²) in [7, 11) is 0. The van der Waals surface area contributed by atoms with Crippen LogP contribution in [0.25, 0.3) is 21.5 Å². The van der Waals surface area contributed by atoms with Crippen LogP contribution in [0.3, 0.4) is 0 Å². The van der Waals surface area contributed by atoms with E-state index in [2.05, 4.69) is 45.8 Å². The van der Waals surface area contributed by atoms with Gasteiger partial charge in [-0.2, -0.15) is 5.10 Å². The zero-order valence-corrected chi connectivity index (χ0v) is 13.7. The largest absolute Gasteiger partial charge is 0.287 e. The molecule has 4 rings (SSSR count). The second-order valence-electron chi connectivity index (χ2n) is 5.76. The third kappa shape index (κ3) is 2.95. The van der Waals surface area contributed by atoms with Crippen molar-refractivity contribution in [2.24, 2.45) is 5.10 Å². The zero-order valence-electron chi connectivity index (χ0n) is 13.7. The van der Waals surface area contributed by atoms with Crippen LogP contribution in [-0.2, 0) is 0 Å². The molecular weight excluding hydrogens is 328 g/mol. The first-order chi connectivity index (χ1) is 12.7. The van der Waals surface area contributed by atoms with Crippen molar-refractivity contribution in [2.45, 2.75) is 0 Å². The van der Waals surface area contributed by atoms with Crippen molar-refractivity contribution in [3.63, 3.8) is 0 Å². The monoisotopic (exact) mass is 342 g/mol. The van der Waals surface area contributed by atoms with Crippen LogP contribution >= 0.6 is 0 Å². The second kappa shape index (κ2) is 6.60. The van der Waals surface area contributed by atoms with Gasteiger partial charge in [-0.25, -0.2) is 4.98 Å². The van der Waals surface area contributed by atoms with Crippen LogP contribution in [0.1, 0.15) is 5.56 Å². The normalized spacial score (nSPS) is 11.2. The van der Waals surface area contributed by atoms with Crippen LogP contribution in [0.5, 0.6) is 0 Å². The highest BCUT2D eigenvalue weighted by atomic mass is 16.6. The molecule has 26 heavy (non-hydrogen) atoms. The standard InChI is InChI=1S/C20H14N4O2/c25-24(26)16-9-10-20(21-12-16)23-22-13-19-17-7-3-1-5-14(17)11-15-6-2-4-8-18(15)19/h1-13H,(H,21,23). The summed E-state index contributed by atoms with van der Waals surface area (Å²) in [4.78, 5) is 14.2. The highest BCUT2D eigenvalue weighted by Gasteiger charge is 2.06. The van der Waals surface area contributed by atoms with Crippen molar-refractivity contribution in [1.82, 2.24) is 4.98 Å². The lowest BCUT2D eigenvalue weighted by atomic mass is 9.97. The Morgan fingerprint density at radius 3 is 2.19 bits per heavy atom. The number of benzene rings is 3. The minimum Gasteiger partial charge on any atom is -0.261 e. The molecule has 0 aliphatic carbocycles. The van der Waals surface area contributed by atoms with Crippen LogP contribution in [0, 0.1) is 10.1 Å². The molecule has 1 N–H and O–H groups in total. The van der Waals surface area contributed by atoms with E-state index in [0.29, 0.717) is 5.82 Å². The van der Waals surface area contributed by atoms with Crippen molar-refractivity contribution in [2.75, 3.05) is 5.43 Å². The average molecular weight is 342 g/mol. The smallest absolute Gasteiger partial charge is 0.261 e. The average Bonchev–Trinajstić information content (AvgIpc) is 2.68. The van der Waals surface area contributed by atoms with Gasteiger partial charge in [0.15, 0.2) is 0 Å². The van der Waals surface area contributed by atoms with E-state index >= 15 is 0 Å². The maximum absolute atomic E-state index is 10.7. The summed E-state index contributed by atoms with van der Waals surface area (Å²) in [5.41, 5.74) is 3.78. The van der Waals surface area contributed by atoms with Crippen molar-refractivity contribution < 1.29 is 4.92 Å². The van der Waals surface area contributed by atoms with Gasteiger partial charge >= 0.3 is 0 Å². The molecule has 0 atom stereocenters. The van der Waals surface area contributed by atoms with Crippen LogP contribution < -0.4 is 5.43 Å². The third-order valence-corrected chi connectivity index (χ3v) is 4.14. The minimum atomic E-state index is -0.484. The van der Waals surface area contributed by atoms with Crippen LogP contribution in [-0.4, -0.2) is 16.1 Å². The second-order valence-corrected chi connectivity index (χ2v) is 5.76. The number of nitro groups is 1. The predicted molar refractivity (Wildman–Crippen MR) is 104 cm³/mol. The fourth-order valence-electron chi connectivity index (χ4n) is 2.91. The Labute approximate surface area is 149 Å². The molecule has 0 fully saturated rings. The Hall–Kier alpha value is -3.80. The molecule has 0 unspecified atom stereocenters. The fraction of sp³-hybridized carbons (Fsp3) is 0. The van der Waals surface area contributed by atoms with E-state index in [0.717, 1.165) is 27.1 Å². The van der Waals surface area contributed by atoms with E-state index in [1.165, 1.54) is 18.3 Å². The number of nitrogens with zero attached hydrogens (tertiary/aromatic N) is 3. The molecule has 0 radical (unpaired) electrons. The van der Waals surface area contributed by atoms with E-state index in [4.69, 9.17) is 0 Å². The number of fused-ring (bicyclic) bond motifs is 2. The molecule has 0 amide bonds. The molecule has 0 bridgehead atoms. The third-order valence-electron chi connectivity index (χ3n) is 4.14. The van der Waals surface area contributed by atoms with Gasteiger partial charge in [-0.3, -0.25) is 15.5 Å². The molecule has 6 nitrogen and oxygen atoms in total. The number of hydrazone groups is 1. The first-order valence-corrected chi connectivity index (χ1v) is 8.02. The van der Waals surface area contributed by atoms with Crippen LogP contribution in [0.2, 0.25) is 0 Å². The van der Waals surface area contributed by atoms with Gasteiger partial charge in [-0.1, -0.05) is 48.5 Å². The highest BCUT2D eigenvalue weighted by molar-refractivity contribution is 6.13. The lowest BCUT2D eigenvalue weighted by molar-refractivity contribution is -0.385. The number of hydrogen-bond donors (Lipinski definition) is 1. The number of pyridine rings is 1. The lowest BCUT2D eigenvalue weighted by Crippen LogP contribution is -1.96. The number of aromatic nitrogens is 1. The molecule has 6 heteroatoms. The maximum atomic E-state index is 10.7. The molecule has 4 aromatic rings. The molecule has 0 saturated carbocycles. The number of anilines is 1. The first kappa shape index (κ1) is 15.7. The molecule has 126 valence electrons. The van der Waals surface area contributed by atoms with Gasteiger partial charge in [-0.05, 0) is 33.7 Å². The maximum Gasteiger partial charge on any atom is 0.287 e. The molecule has 3 aromatic carbocycles. The Kier molecular flexibility index (Phi) is 3.99. The summed E-state index contributed by atoms with van der Waals surface area (Å²) in [6.07, 6.45) is 2.96. The molecule has 0 aliphatic heterocycles. The van der Waals surface area contributed by atoms with Gasteiger partial charge in [0.05, 0.1) is 11.1 Å². The minimum absolute atomic E-state index is 0.0559. The number of nitrogens with one attached hydrogen (secondary N) is 1. The number of rotatable bonds is 4. The molecule has 0 spiro atoms. The quantitative estimate of drug-likeness (QED) is 0.251. The number of hydrogen-bond acceptors (Lipinski definition) is 5. The van der Waals surface area contributed by atoms with E-state index in [1.807, 2.05) is 24.3 Å². The van der Waals surface area contributed by atoms with Gasteiger partial charge in [0.1, 0.15) is 12.0 Å². The SMILES string of the molecule is O=[N+]([O-])c1ccc(NN=Cc2c3ccccc3cc3ccccc23)nc1. The lowest BCUT2D eigenvalue weighted by Gasteiger charge is -2.08. The summed E-state index contributed by atoms with van der Waals surface area (Å²) >= 11 is 0. The first-order valence-electron chi connectivity index (χ1n) is 8.02. The summed E-state index contributed by atoms with van der Waals surface area (Å²) in [5, 5.41) is 19.4. The molecular formula is C20H14N4O2. The molecule has 0 aliphatic rings. The summed E-state index contributed by atoms with van der Waals surface area (Å²) in [6, 6.07) is 21.4. The summed E-state index contributed by atoms with van der Waals surface area (Å²) in [6.45, 7) is 0. The van der Waals surface area contributed by atoms with Gasteiger partial charge in [0.2, 0.25) is 0 Å². The Balaban J connectivity index is 1.71. The molecule has 0 saturated heterocycles. The fourth-order valence-corrected chi connectivity index (χ4v) is 2.91. The summed E-state index contributed by atoms with van der Waals surface area (Å²) < 4.78 is 0. The Bertz CT molecular complexity index is 1080. The zero-order chi connectivity index (χ0) is 17.9. The van der Waals surface area contributed by atoms with E-state index in [9.17, 15) is 10.1 Å². The Morgan fingerprint density at radius 2 is 1.62 bits per heavy atom. The Morgan fingerprint density at radius 1 is 0.962 bits per heavy atom.